The van der Waals surface area contributed by atoms with Crippen LogP contribution in [0.1, 0.15) is 12.8 Å². The highest BCUT2D eigenvalue weighted by Gasteiger charge is 2.20. The lowest BCUT2D eigenvalue weighted by Crippen LogP contribution is -2.04. The van der Waals surface area contributed by atoms with Crippen molar-refractivity contribution >= 4 is 41.4 Å². The summed E-state index contributed by atoms with van der Waals surface area (Å²) in [7, 11) is 1.48. The Hall–Kier alpha value is -0.930. The third-order valence-corrected chi connectivity index (χ3v) is 4.04. The molecule has 0 saturated carbocycles. The van der Waals surface area contributed by atoms with Gasteiger partial charge in [-0.25, -0.2) is 12.8 Å². The van der Waals surface area contributed by atoms with E-state index in [1.165, 1.54) is 0 Å². The average molecular weight is 391 g/mol. The van der Waals surface area contributed by atoms with Crippen molar-refractivity contribution < 1.29 is 22.5 Å². The fraction of sp³-hybridized carbons (Fsp3) is 0.400. The number of nitro benzene ring substituents is 1. The second-order valence-corrected chi connectivity index (χ2v) is 7.54. The molecule has 0 aliphatic heterocycles. The Kier molecular flexibility index (Phi) is 6.15. The lowest BCUT2D eigenvalue weighted by molar-refractivity contribution is -0.386. The first-order chi connectivity index (χ1) is 9.20. The number of nitrogens with zero attached hydrogens (tertiary/aromatic N) is 1. The average Bonchev–Trinajstić information content (AvgIpc) is 2.28. The second kappa shape index (κ2) is 7.19. The van der Waals surface area contributed by atoms with Gasteiger partial charge in [0, 0.05) is 10.7 Å². The highest BCUT2D eigenvalue weighted by atomic mass is 79.9. The Bertz CT molecular complexity index is 610. The molecule has 112 valence electrons. The minimum absolute atomic E-state index is 0.0531. The van der Waals surface area contributed by atoms with Crippen LogP contribution in [-0.4, -0.2) is 25.7 Å². The first kappa shape index (κ1) is 17.1. The van der Waals surface area contributed by atoms with Gasteiger partial charge in [-0.3, -0.25) is 10.1 Å². The number of unbranched alkanes of at least 4 members (excludes halogenated alkanes) is 1. The van der Waals surface area contributed by atoms with E-state index < -0.39 is 25.5 Å². The van der Waals surface area contributed by atoms with Crippen molar-refractivity contribution in [3.8, 4) is 5.75 Å². The lowest BCUT2D eigenvalue weighted by atomic mass is 10.3. The number of ether oxygens (including phenoxy) is 1. The van der Waals surface area contributed by atoms with E-state index in [4.69, 9.17) is 15.4 Å². The molecule has 0 bridgehead atoms. The van der Waals surface area contributed by atoms with E-state index in [0.29, 0.717) is 6.42 Å². The molecule has 0 N–H and O–H groups in total. The van der Waals surface area contributed by atoms with Crippen LogP contribution < -0.4 is 4.74 Å². The molecule has 0 aromatic heterocycles. The van der Waals surface area contributed by atoms with E-state index in [0.717, 1.165) is 12.1 Å². The standard InChI is InChI=1S/C10H10BrClFNO5S/c11-8-5-7(13)6-9(14(15)16)10(8)19-3-1-2-4-20(12,17)18/h5-6H,1-4H2. The fourth-order valence-corrected chi connectivity index (χ4v) is 2.79. The molecule has 1 rings (SSSR count). The quantitative estimate of drug-likeness (QED) is 0.309. The largest absolute Gasteiger partial charge is 0.486 e. The maximum Gasteiger partial charge on any atom is 0.315 e. The van der Waals surface area contributed by atoms with Gasteiger partial charge in [0.05, 0.1) is 27.8 Å². The Labute approximate surface area is 127 Å². The van der Waals surface area contributed by atoms with E-state index >= 15 is 0 Å². The van der Waals surface area contributed by atoms with Crippen LogP contribution in [0.15, 0.2) is 16.6 Å². The molecule has 0 aliphatic carbocycles. The van der Waals surface area contributed by atoms with E-state index in [-0.39, 0.29) is 29.0 Å². The molecule has 0 spiro atoms. The maximum absolute atomic E-state index is 13.1. The van der Waals surface area contributed by atoms with Crippen molar-refractivity contribution in [2.45, 2.75) is 12.8 Å². The summed E-state index contributed by atoms with van der Waals surface area (Å²) in [5, 5.41) is 10.8. The van der Waals surface area contributed by atoms with Gasteiger partial charge < -0.3 is 4.74 Å². The molecule has 20 heavy (non-hydrogen) atoms. The number of nitro groups is 1. The van der Waals surface area contributed by atoms with Crippen LogP contribution in [0.2, 0.25) is 0 Å². The van der Waals surface area contributed by atoms with Crippen LogP contribution in [0.4, 0.5) is 10.1 Å². The third-order valence-electron chi connectivity index (χ3n) is 2.21. The Morgan fingerprint density at radius 3 is 2.60 bits per heavy atom. The Balaban J connectivity index is 2.66. The summed E-state index contributed by atoms with van der Waals surface area (Å²) in [6, 6.07) is 1.80. The summed E-state index contributed by atoms with van der Waals surface area (Å²) in [5.74, 6) is -1.06. The zero-order valence-electron chi connectivity index (χ0n) is 10.0. The first-order valence-corrected chi connectivity index (χ1v) is 8.66. The van der Waals surface area contributed by atoms with Gasteiger partial charge in [0.25, 0.3) is 0 Å². The maximum atomic E-state index is 13.1. The first-order valence-electron chi connectivity index (χ1n) is 5.39. The number of hydrogen-bond donors (Lipinski definition) is 0. The predicted octanol–water partition coefficient (Wildman–Crippen LogP) is 3.22. The van der Waals surface area contributed by atoms with Crippen LogP contribution >= 0.6 is 26.6 Å². The zero-order valence-corrected chi connectivity index (χ0v) is 13.2. The van der Waals surface area contributed by atoms with Crippen LogP contribution in [-0.2, 0) is 9.05 Å². The van der Waals surface area contributed by atoms with Gasteiger partial charge in [0.15, 0.2) is 0 Å². The van der Waals surface area contributed by atoms with Gasteiger partial charge in [-0.15, -0.1) is 0 Å². The molecule has 0 unspecified atom stereocenters. The Morgan fingerprint density at radius 1 is 1.40 bits per heavy atom. The molecular formula is C10H10BrClFNO5S. The monoisotopic (exact) mass is 389 g/mol. The van der Waals surface area contributed by atoms with Crippen LogP contribution in [0.25, 0.3) is 0 Å². The number of halogens is 3. The normalized spacial score (nSPS) is 11.3. The molecule has 1 aromatic rings. The minimum Gasteiger partial charge on any atom is -0.486 e. The summed E-state index contributed by atoms with van der Waals surface area (Å²) in [6.45, 7) is 0.0531. The van der Waals surface area contributed by atoms with E-state index in [1.807, 2.05) is 0 Å². The summed E-state index contributed by atoms with van der Waals surface area (Å²) in [5.41, 5.74) is -0.498. The van der Waals surface area contributed by atoms with Crippen LogP contribution in [0.5, 0.6) is 5.75 Å². The number of hydrogen-bond acceptors (Lipinski definition) is 5. The molecule has 0 amide bonds. The summed E-state index contributed by atoms with van der Waals surface area (Å²) >= 11 is 2.98. The summed E-state index contributed by atoms with van der Waals surface area (Å²) in [4.78, 5) is 10.0. The smallest absolute Gasteiger partial charge is 0.315 e. The van der Waals surface area contributed by atoms with Crippen LogP contribution in [0.3, 0.4) is 0 Å². The van der Waals surface area contributed by atoms with Crippen LogP contribution in [0, 0.1) is 15.9 Å². The van der Waals surface area contributed by atoms with E-state index in [9.17, 15) is 22.9 Å². The molecule has 1 aromatic carbocycles. The highest BCUT2D eigenvalue weighted by molar-refractivity contribution is 9.10. The summed E-state index contributed by atoms with van der Waals surface area (Å²) < 4.78 is 39.8. The highest BCUT2D eigenvalue weighted by Crippen LogP contribution is 2.36. The molecule has 0 heterocycles. The molecule has 0 fully saturated rings. The molecule has 0 aliphatic rings. The van der Waals surface area contributed by atoms with Crippen molar-refractivity contribution in [3.63, 3.8) is 0 Å². The number of benzene rings is 1. The van der Waals surface area contributed by atoms with Gasteiger partial charge in [-0.2, -0.15) is 0 Å². The van der Waals surface area contributed by atoms with Crippen molar-refractivity contribution in [1.29, 1.82) is 0 Å². The molecule has 0 atom stereocenters. The van der Waals surface area contributed by atoms with Gasteiger partial charge >= 0.3 is 5.69 Å². The van der Waals surface area contributed by atoms with Crippen molar-refractivity contribution in [3.05, 3.63) is 32.5 Å². The van der Waals surface area contributed by atoms with Crippen molar-refractivity contribution in [1.82, 2.24) is 0 Å². The van der Waals surface area contributed by atoms with Gasteiger partial charge in [-0.05, 0) is 34.8 Å². The molecular weight excluding hydrogens is 381 g/mol. The van der Waals surface area contributed by atoms with E-state index in [1.54, 1.807) is 0 Å². The molecule has 10 heteroatoms. The fourth-order valence-electron chi connectivity index (χ4n) is 1.38. The van der Waals surface area contributed by atoms with E-state index in [2.05, 4.69) is 15.9 Å². The Morgan fingerprint density at radius 2 is 2.05 bits per heavy atom. The topological polar surface area (TPSA) is 86.5 Å². The molecule has 0 radical (unpaired) electrons. The molecule has 6 nitrogen and oxygen atoms in total. The SMILES string of the molecule is O=[N+]([O-])c1cc(F)cc(Br)c1OCCCCS(=O)(=O)Cl. The molecule has 0 saturated heterocycles. The summed E-state index contributed by atoms with van der Waals surface area (Å²) in [6.07, 6.45) is 0.603. The minimum atomic E-state index is -3.56. The van der Waals surface area contributed by atoms with Crippen molar-refractivity contribution in [2.75, 3.05) is 12.4 Å². The lowest BCUT2D eigenvalue weighted by Gasteiger charge is -2.08. The second-order valence-electron chi connectivity index (χ2n) is 3.79. The van der Waals surface area contributed by atoms with Gasteiger partial charge in [-0.1, -0.05) is 0 Å². The van der Waals surface area contributed by atoms with Crippen molar-refractivity contribution in [2.24, 2.45) is 0 Å². The van der Waals surface area contributed by atoms with Gasteiger partial charge in [0.1, 0.15) is 5.82 Å². The number of rotatable bonds is 7. The zero-order chi connectivity index (χ0) is 15.3. The third kappa shape index (κ3) is 5.59. The van der Waals surface area contributed by atoms with Gasteiger partial charge in [0.2, 0.25) is 14.8 Å². The predicted molar refractivity (Wildman–Crippen MR) is 75.1 cm³/mol.